The molecule has 2 aromatic rings. The predicted octanol–water partition coefficient (Wildman–Crippen LogP) is 2.34. The number of piperazine rings is 1. The fourth-order valence-electron chi connectivity index (χ4n) is 3.98. The van der Waals surface area contributed by atoms with Crippen molar-refractivity contribution < 1.29 is 19.1 Å². The van der Waals surface area contributed by atoms with Crippen molar-refractivity contribution in [3.8, 4) is 5.75 Å². The van der Waals surface area contributed by atoms with Gasteiger partial charge in [-0.15, -0.1) is 0 Å². The van der Waals surface area contributed by atoms with Crippen molar-refractivity contribution in [3.63, 3.8) is 0 Å². The molecule has 4 rings (SSSR count). The van der Waals surface area contributed by atoms with Gasteiger partial charge in [-0.2, -0.15) is 0 Å². The number of hydrogen-bond donors (Lipinski definition) is 0. The molecule has 2 aromatic carbocycles. The molecule has 0 aliphatic carbocycles. The zero-order chi connectivity index (χ0) is 21.3. The van der Waals surface area contributed by atoms with Crippen LogP contribution in [-0.2, 0) is 4.79 Å². The Kier molecular flexibility index (Phi) is 5.44. The summed E-state index contributed by atoms with van der Waals surface area (Å²) < 4.78 is 5.19. The molecule has 0 radical (unpaired) electrons. The fourth-order valence-corrected chi connectivity index (χ4v) is 3.98. The Balaban J connectivity index is 1.30. The second-order valence-corrected chi connectivity index (χ2v) is 7.63. The van der Waals surface area contributed by atoms with Crippen LogP contribution in [0.5, 0.6) is 5.75 Å². The van der Waals surface area contributed by atoms with Gasteiger partial charge < -0.3 is 14.5 Å². The summed E-state index contributed by atoms with van der Waals surface area (Å²) in [5.74, 6) is 0.163. The number of carbonyl (C=O) groups excluding carboxylic acids is 3. The van der Waals surface area contributed by atoms with Gasteiger partial charge >= 0.3 is 0 Å². The Hall–Kier alpha value is -3.35. The smallest absolute Gasteiger partial charge is 0.261 e. The summed E-state index contributed by atoms with van der Waals surface area (Å²) in [4.78, 5) is 43.0. The maximum absolute atomic E-state index is 12.7. The number of ether oxygens (including phenoxy) is 1. The van der Waals surface area contributed by atoms with Crippen LogP contribution >= 0.6 is 0 Å². The van der Waals surface area contributed by atoms with E-state index in [9.17, 15) is 14.4 Å². The summed E-state index contributed by atoms with van der Waals surface area (Å²) in [6, 6.07) is 13.1. The van der Waals surface area contributed by atoms with Crippen molar-refractivity contribution in [2.24, 2.45) is 0 Å². The zero-order valence-electron chi connectivity index (χ0n) is 17.3. The van der Waals surface area contributed by atoms with E-state index in [0.29, 0.717) is 24.2 Å². The van der Waals surface area contributed by atoms with Crippen LogP contribution in [0.1, 0.15) is 32.7 Å². The van der Waals surface area contributed by atoms with E-state index in [1.165, 1.54) is 4.90 Å². The average Bonchev–Trinajstić information content (AvgIpc) is 3.01. The molecule has 0 N–H and O–H groups in total. The number of amides is 3. The number of carbonyl (C=O) groups is 3. The summed E-state index contributed by atoms with van der Waals surface area (Å²) in [6.45, 7) is 4.71. The second kappa shape index (κ2) is 8.18. The van der Waals surface area contributed by atoms with Gasteiger partial charge in [0.1, 0.15) is 5.75 Å². The van der Waals surface area contributed by atoms with E-state index >= 15 is 0 Å². The van der Waals surface area contributed by atoms with Gasteiger partial charge in [-0.05, 0) is 43.3 Å². The number of benzene rings is 2. The zero-order valence-corrected chi connectivity index (χ0v) is 17.3. The molecule has 2 aliphatic heterocycles. The summed E-state index contributed by atoms with van der Waals surface area (Å²) in [5.41, 5.74) is 2.89. The lowest BCUT2D eigenvalue weighted by Gasteiger charge is -2.36. The molecular formula is C23H25N3O4. The third-order valence-electron chi connectivity index (χ3n) is 5.75. The van der Waals surface area contributed by atoms with Crippen LogP contribution < -0.4 is 9.64 Å². The Bertz CT molecular complexity index is 978. The molecule has 2 aliphatic rings. The topological polar surface area (TPSA) is 70.2 Å². The van der Waals surface area contributed by atoms with E-state index in [1.54, 1.807) is 19.2 Å². The monoisotopic (exact) mass is 407 g/mol. The van der Waals surface area contributed by atoms with Gasteiger partial charge in [-0.25, -0.2) is 0 Å². The molecule has 0 spiro atoms. The minimum absolute atomic E-state index is 0.0304. The summed E-state index contributed by atoms with van der Waals surface area (Å²) >= 11 is 0. The van der Waals surface area contributed by atoms with Crippen LogP contribution in [0.3, 0.4) is 0 Å². The third-order valence-corrected chi connectivity index (χ3v) is 5.75. The molecule has 2 heterocycles. The van der Waals surface area contributed by atoms with Gasteiger partial charge in [0.25, 0.3) is 11.8 Å². The molecule has 0 atom stereocenters. The average molecular weight is 407 g/mol. The Morgan fingerprint density at radius 1 is 0.933 bits per heavy atom. The number of hydrogen-bond acceptors (Lipinski definition) is 5. The number of methoxy groups -OCH3 is 1. The molecule has 1 saturated heterocycles. The molecule has 7 heteroatoms. The van der Waals surface area contributed by atoms with E-state index in [2.05, 4.69) is 4.90 Å². The molecule has 1 fully saturated rings. The van der Waals surface area contributed by atoms with Crippen molar-refractivity contribution in [2.45, 2.75) is 13.3 Å². The van der Waals surface area contributed by atoms with Crippen molar-refractivity contribution in [2.75, 3.05) is 44.7 Å². The van der Waals surface area contributed by atoms with Crippen LogP contribution in [0.15, 0.2) is 42.5 Å². The standard InChI is InChI=1S/C23H25N3O4/c1-16-3-8-19-20(15-16)23(29)26(22(19)28)10-9-21(27)25-13-11-24(12-14-25)17-4-6-18(30-2)7-5-17/h3-8,15H,9-14H2,1-2H3. The summed E-state index contributed by atoms with van der Waals surface area (Å²) in [5, 5.41) is 0. The number of nitrogens with zero attached hydrogens (tertiary/aromatic N) is 3. The summed E-state index contributed by atoms with van der Waals surface area (Å²) in [7, 11) is 1.64. The first-order chi connectivity index (χ1) is 14.5. The van der Waals surface area contributed by atoms with Crippen LogP contribution in [0.4, 0.5) is 5.69 Å². The highest BCUT2D eigenvalue weighted by Crippen LogP contribution is 2.24. The van der Waals surface area contributed by atoms with Gasteiger partial charge in [-0.3, -0.25) is 19.3 Å². The second-order valence-electron chi connectivity index (χ2n) is 7.63. The van der Waals surface area contributed by atoms with Crippen molar-refractivity contribution in [1.82, 2.24) is 9.80 Å². The van der Waals surface area contributed by atoms with Gasteiger partial charge in [0.2, 0.25) is 5.91 Å². The van der Waals surface area contributed by atoms with Crippen LogP contribution in [0, 0.1) is 6.92 Å². The first-order valence-electron chi connectivity index (χ1n) is 10.1. The van der Waals surface area contributed by atoms with Crippen molar-refractivity contribution >= 4 is 23.4 Å². The van der Waals surface area contributed by atoms with Crippen LogP contribution in [0.2, 0.25) is 0 Å². The number of imide groups is 1. The SMILES string of the molecule is COc1ccc(N2CCN(C(=O)CCN3C(=O)c4ccc(C)cc4C3=O)CC2)cc1. The van der Waals surface area contributed by atoms with Gasteiger partial charge in [0.05, 0.1) is 18.2 Å². The minimum atomic E-state index is -0.313. The highest BCUT2D eigenvalue weighted by Gasteiger charge is 2.35. The predicted molar refractivity (Wildman–Crippen MR) is 113 cm³/mol. The molecule has 0 saturated carbocycles. The van der Waals surface area contributed by atoms with E-state index < -0.39 is 0 Å². The van der Waals surface area contributed by atoms with Crippen molar-refractivity contribution in [1.29, 1.82) is 0 Å². The van der Waals surface area contributed by atoms with Crippen LogP contribution in [0.25, 0.3) is 0 Å². The molecule has 30 heavy (non-hydrogen) atoms. The van der Waals surface area contributed by atoms with Gasteiger partial charge in [-0.1, -0.05) is 11.6 Å². The Labute approximate surface area is 175 Å². The van der Waals surface area contributed by atoms with Gasteiger partial charge in [0, 0.05) is 44.8 Å². The largest absolute Gasteiger partial charge is 0.497 e. The molecule has 0 bridgehead atoms. The van der Waals surface area contributed by atoms with Crippen LogP contribution in [-0.4, -0.2) is 67.4 Å². The molecule has 156 valence electrons. The first-order valence-corrected chi connectivity index (χ1v) is 10.1. The van der Waals surface area contributed by atoms with E-state index in [1.807, 2.05) is 42.2 Å². The lowest BCUT2D eigenvalue weighted by Crippen LogP contribution is -2.49. The molecule has 0 aromatic heterocycles. The highest BCUT2D eigenvalue weighted by atomic mass is 16.5. The molecule has 0 unspecified atom stereocenters. The molecule has 3 amide bonds. The maximum Gasteiger partial charge on any atom is 0.261 e. The molecular weight excluding hydrogens is 382 g/mol. The fraction of sp³-hybridized carbons (Fsp3) is 0.348. The van der Waals surface area contributed by atoms with E-state index in [0.717, 1.165) is 30.1 Å². The number of aryl methyl sites for hydroxylation is 1. The maximum atomic E-state index is 12.7. The van der Waals surface area contributed by atoms with E-state index in [-0.39, 0.29) is 30.7 Å². The van der Waals surface area contributed by atoms with Gasteiger partial charge in [0.15, 0.2) is 0 Å². The Morgan fingerprint density at radius 3 is 2.27 bits per heavy atom. The van der Waals surface area contributed by atoms with E-state index in [4.69, 9.17) is 4.74 Å². The number of rotatable bonds is 5. The lowest BCUT2D eigenvalue weighted by atomic mass is 10.1. The number of fused-ring (bicyclic) bond motifs is 1. The normalized spacial score (nSPS) is 16.1. The highest BCUT2D eigenvalue weighted by molar-refractivity contribution is 6.21. The van der Waals surface area contributed by atoms with Crippen molar-refractivity contribution in [3.05, 3.63) is 59.2 Å². The lowest BCUT2D eigenvalue weighted by molar-refractivity contribution is -0.131. The first kappa shape index (κ1) is 19.9. The molecule has 7 nitrogen and oxygen atoms in total. The number of anilines is 1. The summed E-state index contributed by atoms with van der Waals surface area (Å²) in [6.07, 6.45) is 0.146. The Morgan fingerprint density at radius 2 is 1.60 bits per heavy atom. The third kappa shape index (κ3) is 3.75. The minimum Gasteiger partial charge on any atom is -0.497 e. The quantitative estimate of drug-likeness (QED) is 0.712.